The molecule has 1 aliphatic rings. The van der Waals surface area contributed by atoms with Crippen LogP contribution in [0.5, 0.6) is 0 Å². The van der Waals surface area contributed by atoms with Gasteiger partial charge in [0.25, 0.3) is 5.91 Å². The minimum Gasteiger partial charge on any atom is -0.399 e. The topological polar surface area (TPSA) is 77.2 Å². The second-order valence-corrected chi connectivity index (χ2v) is 5.51. The number of rotatable bonds is 3. The van der Waals surface area contributed by atoms with E-state index in [9.17, 15) is 4.79 Å². The molecule has 1 amide bonds. The van der Waals surface area contributed by atoms with Crippen LogP contribution < -0.4 is 11.1 Å². The van der Waals surface area contributed by atoms with Crippen LogP contribution in [0, 0.1) is 0 Å². The van der Waals surface area contributed by atoms with E-state index in [0.717, 1.165) is 29.8 Å². The average molecular weight is 289 g/mol. The number of anilines is 2. The molecule has 1 aromatic heterocycles. The molecule has 20 heavy (non-hydrogen) atoms. The van der Waals surface area contributed by atoms with E-state index >= 15 is 0 Å². The molecule has 0 saturated carbocycles. The zero-order chi connectivity index (χ0) is 13.9. The number of nitrogens with two attached hydrogens (primary N) is 1. The van der Waals surface area contributed by atoms with Crippen LogP contribution in [-0.2, 0) is 9.53 Å². The van der Waals surface area contributed by atoms with Crippen LogP contribution in [0.2, 0.25) is 0 Å². The van der Waals surface area contributed by atoms with E-state index < -0.39 is 0 Å². The van der Waals surface area contributed by atoms with E-state index in [2.05, 4.69) is 10.3 Å². The van der Waals surface area contributed by atoms with Gasteiger partial charge in [-0.2, -0.15) is 0 Å². The van der Waals surface area contributed by atoms with E-state index in [0.29, 0.717) is 11.7 Å². The molecular formula is C14H15N3O2S. The number of ether oxygens (including phenoxy) is 1. The minimum absolute atomic E-state index is 0.110. The molecule has 104 valence electrons. The molecule has 1 unspecified atom stereocenters. The monoisotopic (exact) mass is 289 g/mol. The Hall–Kier alpha value is -1.92. The highest BCUT2D eigenvalue weighted by atomic mass is 32.1. The van der Waals surface area contributed by atoms with E-state index in [4.69, 9.17) is 10.5 Å². The van der Waals surface area contributed by atoms with Crippen molar-refractivity contribution in [2.45, 2.75) is 18.9 Å². The van der Waals surface area contributed by atoms with Crippen molar-refractivity contribution in [3.05, 3.63) is 29.6 Å². The highest BCUT2D eigenvalue weighted by Gasteiger charge is 2.24. The summed E-state index contributed by atoms with van der Waals surface area (Å²) in [6, 6.07) is 7.49. The lowest BCUT2D eigenvalue weighted by molar-refractivity contribution is -0.124. The Balaban J connectivity index is 1.70. The van der Waals surface area contributed by atoms with Gasteiger partial charge in [-0.15, -0.1) is 11.3 Å². The van der Waals surface area contributed by atoms with Gasteiger partial charge in [0.2, 0.25) is 0 Å². The maximum Gasteiger partial charge on any atom is 0.255 e. The first-order valence-corrected chi connectivity index (χ1v) is 7.34. The van der Waals surface area contributed by atoms with Crippen molar-refractivity contribution >= 4 is 28.1 Å². The molecule has 1 fully saturated rings. The highest BCUT2D eigenvalue weighted by Crippen LogP contribution is 2.26. The molecule has 1 aliphatic heterocycles. The van der Waals surface area contributed by atoms with Crippen LogP contribution in [0.25, 0.3) is 11.3 Å². The van der Waals surface area contributed by atoms with E-state index in [1.807, 2.05) is 29.6 Å². The number of hydrogen-bond donors (Lipinski definition) is 2. The van der Waals surface area contributed by atoms with Gasteiger partial charge in [-0.1, -0.05) is 12.1 Å². The second-order valence-electron chi connectivity index (χ2n) is 4.65. The van der Waals surface area contributed by atoms with Crippen molar-refractivity contribution in [1.29, 1.82) is 0 Å². The van der Waals surface area contributed by atoms with Crippen LogP contribution in [0.1, 0.15) is 12.8 Å². The van der Waals surface area contributed by atoms with Gasteiger partial charge in [0.1, 0.15) is 6.10 Å². The smallest absolute Gasteiger partial charge is 0.255 e. The zero-order valence-electron chi connectivity index (χ0n) is 10.8. The SMILES string of the molecule is Nc1ccc(-c2csc(NC(=O)C3CCCO3)n2)cc1. The summed E-state index contributed by atoms with van der Waals surface area (Å²) in [6.45, 7) is 0.659. The average Bonchev–Trinajstić information content (AvgIpc) is 3.10. The molecule has 5 nitrogen and oxygen atoms in total. The normalized spacial score (nSPS) is 18.1. The molecule has 2 aromatic rings. The fourth-order valence-electron chi connectivity index (χ4n) is 2.09. The molecule has 0 radical (unpaired) electrons. The molecule has 0 bridgehead atoms. The lowest BCUT2D eigenvalue weighted by atomic mass is 10.1. The van der Waals surface area contributed by atoms with Crippen molar-refractivity contribution in [1.82, 2.24) is 4.98 Å². The third kappa shape index (κ3) is 2.81. The van der Waals surface area contributed by atoms with Crippen molar-refractivity contribution in [3.8, 4) is 11.3 Å². The minimum atomic E-state index is -0.334. The lowest BCUT2D eigenvalue weighted by Crippen LogP contribution is -2.26. The number of carbonyl (C=O) groups is 1. The Morgan fingerprint density at radius 1 is 1.40 bits per heavy atom. The van der Waals surface area contributed by atoms with Crippen molar-refractivity contribution in [2.75, 3.05) is 17.7 Å². The van der Waals surface area contributed by atoms with Gasteiger partial charge < -0.3 is 10.5 Å². The molecule has 1 saturated heterocycles. The number of nitrogens with zero attached hydrogens (tertiary/aromatic N) is 1. The van der Waals surface area contributed by atoms with Crippen LogP contribution in [0.4, 0.5) is 10.8 Å². The Kier molecular flexibility index (Phi) is 3.66. The largest absolute Gasteiger partial charge is 0.399 e. The number of aromatic nitrogens is 1. The summed E-state index contributed by atoms with van der Waals surface area (Å²) >= 11 is 1.41. The number of nitrogen functional groups attached to an aromatic ring is 1. The van der Waals surface area contributed by atoms with Gasteiger partial charge in [-0.05, 0) is 25.0 Å². The van der Waals surface area contributed by atoms with Crippen LogP contribution in [0.3, 0.4) is 0 Å². The van der Waals surface area contributed by atoms with Gasteiger partial charge in [0.05, 0.1) is 5.69 Å². The Morgan fingerprint density at radius 3 is 2.90 bits per heavy atom. The number of benzene rings is 1. The molecule has 0 spiro atoms. The summed E-state index contributed by atoms with van der Waals surface area (Å²) in [7, 11) is 0. The Labute approximate surface area is 120 Å². The van der Waals surface area contributed by atoms with Gasteiger partial charge in [-0.3, -0.25) is 10.1 Å². The molecule has 3 N–H and O–H groups in total. The second kappa shape index (κ2) is 5.60. The highest BCUT2D eigenvalue weighted by molar-refractivity contribution is 7.14. The van der Waals surface area contributed by atoms with Crippen molar-refractivity contribution in [2.24, 2.45) is 0 Å². The quantitative estimate of drug-likeness (QED) is 0.851. The number of hydrogen-bond acceptors (Lipinski definition) is 5. The van der Waals surface area contributed by atoms with Crippen molar-refractivity contribution in [3.63, 3.8) is 0 Å². The van der Waals surface area contributed by atoms with Crippen molar-refractivity contribution < 1.29 is 9.53 Å². The van der Waals surface area contributed by atoms with Crippen LogP contribution in [-0.4, -0.2) is 23.6 Å². The maximum absolute atomic E-state index is 11.9. The van der Waals surface area contributed by atoms with Gasteiger partial charge in [-0.25, -0.2) is 4.98 Å². The molecule has 1 aromatic carbocycles. The summed E-state index contributed by atoms with van der Waals surface area (Å²) in [4.78, 5) is 16.3. The molecule has 1 atom stereocenters. The number of carbonyl (C=O) groups excluding carboxylic acids is 1. The lowest BCUT2D eigenvalue weighted by Gasteiger charge is -2.07. The third-order valence-electron chi connectivity index (χ3n) is 3.16. The Morgan fingerprint density at radius 2 is 2.20 bits per heavy atom. The van der Waals surface area contributed by atoms with Crippen LogP contribution >= 0.6 is 11.3 Å². The summed E-state index contributed by atoms with van der Waals surface area (Å²) in [5.74, 6) is -0.110. The molecular weight excluding hydrogens is 274 g/mol. The number of thiazole rings is 1. The Bertz CT molecular complexity index is 603. The molecule has 3 rings (SSSR count). The molecule has 0 aliphatic carbocycles. The first-order chi connectivity index (χ1) is 9.72. The number of nitrogens with one attached hydrogen (secondary N) is 1. The summed E-state index contributed by atoms with van der Waals surface area (Å²) in [5, 5.41) is 5.31. The number of amides is 1. The zero-order valence-corrected chi connectivity index (χ0v) is 11.7. The summed E-state index contributed by atoms with van der Waals surface area (Å²) < 4.78 is 5.34. The fourth-order valence-corrected chi connectivity index (χ4v) is 2.81. The van der Waals surface area contributed by atoms with Gasteiger partial charge in [0.15, 0.2) is 5.13 Å². The maximum atomic E-state index is 11.9. The summed E-state index contributed by atoms with van der Waals surface area (Å²) in [6.07, 6.45) is 1.38. The fraction of sp³-hybridized carbons (Fsp3) is 0.286. The third-order valence-corrected chi connectivity index (χ3v) is 3.92. The predicted octanol–water partition coefficient (Wildman–Crippen LogP) is 2.51. The standard InChI is InChI=1S/C14H15N3O2S/c15-10-5-3-9(4-6-10)11-8-20-14(16-11)17-13(18)12-2-1-7-19-12/h3-6,8,12H,1-2,7,15H2,(H,16,17,18). The molecule has 2 heterocycles. The van der Waals surface area contributed by atoms with E-state index in [1.165, 1.54) is 11.3 Å². The predicted molar refractivity (Wildman–Crippen MR) is 79.6 cm³/mol. The first kappa shape index (κ1) is 13.1. The van der Waals surface area contributed by atoms with Gasteiger partial charge >= 0.3 is 0 Å². The van der Waals surface area contributed by atoms with E-state index in [-0.39, 0.29) is 12.0 Å². The molecule has 6 heteroatoms. The van der Waals surface area contributed by atoms with E-state index in [1.54, 1.807) is 0 Å². The summed E-state index contributed by atoms with van der Waals surface area (Å²) in [5.41, 5.74) is 8.19. The first-order valence-electron chi connectivity index (χ1n) is 6.46. The van der Waals surface area contributed by atoms with Gasteiger partial charge in [0, 0.05) is 23.2 Å². The van der Waals surface area contributed by atoms with Crippen LogP contribution in [0.15, 0.2) is 29.6 Å².